The zero-order valence-electron chi connectivity index (χ0n) is 17.9. The molecule has 0 fully saturated rings. The van der Waals surface area contributed by atoms with Gasteiger partial charge in [-0.25, -0.2) is 0 Å². The van der Waals surface area contributed by atoms with Crippen LogP contribution in [0.1, 0.15) is 24.7 Å². The summed E-state index contributed by atoms with van der Waals surface area (Å²) in [5, 5.41) is 13.4. The van der Waals surface area contributed by atoms with Crippen molar-refractivity contribution in [3.63, 3.8) is 0 Å². The molecule has 1 heterocycles. The number of thioether (sulfide) groups is 1. The van der Waals surface area contributed by atoms with E-state index in [1.54, 1.807) is 18.2 Å². The number of benzene rings is 2. The minimum absolute atomic E-state index is 0.00798. The maximum Gasteiger partial charge on any atom is 0.230 e. The van der Waals surface area contributed by atoms with E-state index in [2.05, 4.69) is 27.6 Å². The number of ether oxygens (including phenoxy) is 1. The predicted molar refractivity (Wildman–Crippen MR) is 130 cm³/mol. The predicted octanol–water partition coefficient (Wildman–Crippen LogP) is 5.07. The lowest BCUT2D eigenvalue weighted by Crippen LogP contribution is -2.27. The largest absolute Gasteiger partial charge is 0.492 e. The summed E-state index contributed by atoms with van der Waals surface area (Å²) in [6, 6.07) is 15.3. The lowest BCUT2D eigenvalue weighted by atomic mass is 10.1. The highest BCUT2D eigenvalue weighted by Crippen LogP contribution is 2.27. The van der Waals surface area contributed by atoms with Crippen molar-refractivity contribution in [2.75, 3.05) is 18.9 Å². The summed E-state index contributed by atoms with van der Waals surface area (Å²) in [4.78, 5) is 12.2. The highest BCUT2D eigenvalue weighted by atomic mass is 35.5. The van der Waals surface area contributed by atoms with Crippen LogP contribution in [0.5, 0.6) is 5.75 Å². The molecular weight excluding hydrogens is 467 g/mol. The number of rotatable bonds is 12. The zero-order chi connectivity index (χ0) is 22.8. The number of halogens is 2. The van der Waals surface area contributed by atoms with Gasteiger partial charge in [0.2, 0.25) is 5.91 Å². The number of carbonyl (C=O) groups excluding carboxylic acids is 1. The monoisotopic (exact) mass is 492 g/mol. The molecule has 0 atom stereocenters. The van der Waals surface area contributed by atoms with E-state index in [4.69, 9.17) is 27.9 Å². The highest BCUT2D eigenvalue weighted by Gasteiger charge is 2.13. The fraction of sp³-hybridized carbons (Fsp3) is 0.348. The van der Waals surface area contributed by atoms with Gasteiger partial charge in [0, 0.05) is 24.5 Å². The van der Waals surface area contributed by atoms with Crippen LogP contribution in [-0.2, 0) is 24.2 Å². The Morgan fingerprint density at radius 3 is 2.69 bits per heavy atom. The van der Waals surface area contributed by atoms with Gasteiger partial charge in [0.15, 0.2) is 5.16 Å². The fourth-order valence-electron chi connectivity index (χ4n) is 3.11. The molecule has 1 amide bonds. The first kappa shape index (κ1) is 24.4. The number of nitrogens with zero attached hydrogens (tertiary/aromatic N) is 3. The Morgan fingerprint density at radius 1 is 1.12 bits per heavy atom. The average molecular weight is 493 g/mol. The standard InChI is InChI=1S/C23H26Cl2N4O2S/c1-2-29-21(9-6-14-31-20-11-10-18(24)15-19(20)25)27-28-23(29)32-16-22(30)26-13-12-17-7-4-3-5-8-17/h3-5,7-8,10-11,15H,2,6,9,12-14,16H2,1H3,(H,26,30). The van der Waals surface area contributed by atoms with E-state index in [0.29, 0.717) is 34.7 Å². The maximum atomic E-state index is 12.2. The van der Waals surface area contributed by atoms with Crippen LogP contribution in [0, 0.1) is 0 Å². The SMILES string of the molecule is CCn1c(CCCOc2ccc(Cl)cc2Cl)nnc1SCC(=O)NCCc1ccccc1. The molecule has 0 saturated carbocycles. The molecule has 0 unspecified atom stereocenters. The third-order valence-electron chi connectivity index (χ3n) is 4.72. The summed E-state index contributed by atoms with van der Waals surface area (Å²) in [6.07, 6.45) is 2.30. The van der Waals surface area contributed by atoms with Gasteiger partial charge in [0.25, 0.3) is 0 Å². The number of hydrogen-bond acceptors (Lipinski definition) is 5. The van der Waals surface area contributed by atoms with Crippen molar-refractivity contribution in [3.8, 4) is 5.75 Å². The Balaban J connectivity index is 1.41. The van der Waals surface area contributed by atoms with Crippen molar-refractivity contribution in [2.45, 2.75) is 37.9 Å². The summed E-state index contributed by atoms with van der Waals surface area (Å²) >= 11 is 13.4. The van der Waals surface area contributed by atoms with Crippen LogP contribution in [0.2, 0.25) is 10.0 Å². The molecule has 1 N–H and O–H groups in total. The molecule has 1 aromatic heterocycles. The Kier molecular flexibility index (Phi) is 9.71. The van der Waals surface area contributed by atoms with E-state index in [1.807, 2.05) is 29.7 Å². The molecule has 0 aliphatic carbocycles. The van der Waals surface area contributed by atoms with Crippen molar-refractivity contribution in [1.82, 2.24) is 20.1 Å². The number of carbonyl (C=O) groups is 1. The number of aromatic nitrogens is 3. The van der Waals surface area contributed by atoms with Crippen molar-refractivity contribution >= 4 is 40.9 Å². The summed E-state index contributed by atoms with van der Waals surface area (Å²) in [5.41, 5.74) is 1.21. The van der Waals surface area contributed by atoms with Crippen LogP contribution in [-0.4, -0.2) is 39.6 Å². The van der Waals surface area contributed by atoms with Gasteiger partial charge in [-0.1, -0.05) is 65.3 Å². The molecule has 2 aromatic carbocycles. The number of hydrogen-bond donors (Lipinski definition) is 1. The Labute approximate surface area is 202 Å². The quantitative estimate of drug-likeness (QED) is 0.282. The normalized spacial score (nSPS) is 10.8. The zero-order valence-corrected chi connectivity index (χ0v) is 20.2. The molecule has 0 spiro atoms. The average Bonchev–Trinajstić information content (AvgIpc) is 3.19. The lowest BCUT2D eigenvalue weighted by molar-refractivity contribution is -0.118. The van der Waals surface area contributed by atoms with E-state index in [-0.39, 0.29) is 5.91 Å². The Bertz CT molecular complexity index is 1010. The smallest absolute Gasteiger partial charge is 0.230 e. The molecule has 9 heteroatoms. The fourth-order valence-corrected chi connectivity index (χ4v) is 4.42. The molecular formula is C23H26Cl2N4O2S. The van der Waals surface area contributed by atoms with Crippen LogP contribution >= 0.6 is 35.0 Å². The van der Waals surface area contributed by atoms with Crippen LogP contribution in [0.25, 0.3) is 0 Å². The third-order valence-corrected chi connectivity index (χ3v) is 6.21. The van der Waals surface area contributed by atoms with Gasteiger partial charge < -0.3 is 14.6 Å². The molecule has 0 aliphatic heterocycles. The van der Waals surface area contributed by atoms with Crippen LogP contribution < -0.4 is 10.1 Å². The van der Waals surface area contributed by atoms with Crippen molar-refractivity contribution in [1.29, 1.82) is 0 Å². The van der Waals surface area contributed by atoms with Gasteiger partial charge in [-0.3, -0.25) is 4.79 Å². The molecule has 0 aliphatic rings. The topological polar surface area (TPSA) is 69.0 Å². The van der Waals surface area contributed by atoms with Crippen molar-refractivity contribution in [2.24, 2.45) is 0 Å². The summed E-state index contributed by atoms with van der Waals surface area (Å²) in [7, 11) is 0. The van der Waals surface area contributed by atoms with Gasteiger partial charge >= 0.3 is 0 Å². The summed E-state index contributed by atoms with van der Waals surface area (Å²) in [6.45, 7) is 3.90. The van der Waals surface area contributed by atoms with E-state index < -0.39 is 0 Å². The molecule has 32 heavy (non-hydrogen) atoms. The molecule has 3 rings (SSSR count). The highest BCUT2D eigenvalue weighted by molar-refractivity contribution is 7.99. The Hall–Kier alpha value is -2.22. The molecule has 3 aromatic rings. The van der Waals surface area contributed by atoms with E-state index in [9.17, 15) is 4.79 Å². The number of nitrogens with one attached hydrogen (secondary N) is 1. The first-order chi connectivity index (χ1) is 15.6. The maximum absolute atomic E-state index is 12.2. The van der Waals surface area contributed by atoms with Gasteiger partial charge in [-0.05, 0) is 43.5 Å². The van der Waals surface area contributed by atoms with E-state index in [1.165, 1.54) is 17.3 Å². The van der Waals surface area contributed by atoms with Crippen molar-refractivity contribution in [3.05, 3.63) is 70.0 Å². The molecule has 0 saturated heterocycles. The second-order valence-corrected chi connectivity index (χ2v) is 8.83. The molecule has 0 bridgehead atoms. The van der Waals surface area contributed by atoms with Gasteiger partial charge in [-0.2, -0.15) is 0 Å². The van der Waals surface area contributed by atoms with Crippen LogP contribution in [0.15, 0.2) is 53.7 Å². The second-order valence-electron chi connectivity index (χ2n) is 7.04. The third kappa shape index (κ3) is 7.43. The second kappa shape index (κ2) is 12.7. The minimum atomic E-state index is -0.00798. The minimum Gasteiger partial charge on any atom is -0.492 e. The van der Waals surface area contributed by atoms with Gasteiger partial charge in [0.05, 0.1) is 17.4 Å². The first-order valence-corrected chi connectivity index (χ1v) is 12.2. The number of amides is 1. The van der Waals surface area contributed by atoms with Crippen LogP contribution in [0.3, 0.4) is 0 Å². The van der Waals surface area contributed by atoms with E-state index >= 15 is 0 Å². The molecule has 6 nitrogen and oxygen atoms in total. The first-order valence-electron chi connectivity index (χ1n) is 10.5. The van der Waals surface area contributed by atoms with Crippen LogP contribution in [0.4, 0.5) is 0 Å². The molecule has 0 radical (unpaired) electrons. The van der Waals surface area contributed by atoms with Gasteiger partial charge in [-0.15, -0.1) is 10.2 Å². The van der Waals surface area contributed by atoms with E-state index in [0.717, 1.165) is 36.8 Å². The summed E-state index contributed by atoms with van der Waals surface area (Å²) < 4.78 is 7.77. The number of aryl methyl sites for hydroxylation is 1. The Morgan fingerprint density at radius 2 is 1.94 bits per heavy atom. The van der Waals surface area contributed by atoms with Gasteiger partial charge in [0.1, 0.15) is 11.6 Å². The molecule has 170 valence electrons. The summed E-state index contributed by atoms with van der Waals surface area (Å²) in [5.74, 6) is 1.80. The lowest BCUT2D eigenvalue weighted by Gasteiger charge is -2.09. The van der Waals surface area contributed by atoms with Crippen molar-refractivity contribution < 1.29 is 9.53 Å².